The summed E-state index contributed by atoms with van der Waals surface area (Å²) in [6.45, 7) is 0. The molecule has 154 valence electrons. The lowest BCUT2D eigenvalue weighted by Gasteiger charge is -2.10. The Morgan fingerprint density at radius 1 is 1.03 bits per heavy atom. The zero-order valence-corrected chi connectivity index (χ0v) is 17.4. The highest BCUT2D eigenvalue weighted by molar-refractivity contribution is 7.92. The van der Waals surface area contributed by atoms with Crippen LogP contribution in [0.2, 0.25) is 5.02 Å². The molecule has 3 aromatic carbocycles. The zero-order valence-electron chi connectivity index (χ0n) is 15.9. The lowest BCUT2D eigenvalue weighted by molar-refractivity contribution is 0.0955. The first-order valence-electron chi connectivity index (χ1n) is 8.74. The highest BCUT2D eigenvalue weighted by Crippen LogP contribution is 2.20. The molecular weight excluding hydrogens is 426 g/mol. The van der Waals surface area contributed by atoms with Crippen LogP contribution in [-0.2, 0) is 10.0 Å². The standard InChI is InChI=1S/C21H18ClN3O4S/c1-29-18-11-9-17(10-12-18)25-30(27,28)19-7-4-6-15(13-19)21(26)24-23-14-16-5-2-3-8-20(16)22/h2-14,25H,1H3,(H,24,26). The molecule has 3 aromatic rings. The molecule has 0 aliphatic heterocycles. The summed E-state index contributed by atoms with van der Waals surface area (Å²) in [6, 6.07) is 19.1. The smallest absolute Gasteiger partial charge is 0.271 e. The van der Waals surface area contributed by atoms with Crippen LogP contribution in [-0.4, -0.2) is 27.6 Å². The molecule has 0 spiro atoms. The predicted molar refractivity (Wildman–Crippen MR) is 117 cm³/mol. The number of hydrogen-bond acceptors (Lipinski definition) is 5. The molecule has 9 heteroatoms. The van der Waals surface area contributed by atoms with Crippen molar-refractivity contribution in [2.24, 2.45) is 5.10 Å². The Balaban J connectivity index is 1.72. The lowest BCUT2D eigenvalue weighted by Crippen LogP contribution is -2.19. The van der Waals surface area contributed by atoms with Crippen LogP contribution in [0, 0.1) is 0 Å². The molecule has 0 unspecified atom stereocenters. The Hall–Kier alpha value is -3.36. The van der Waals surface area contributed by atoms with Gasteiger partial charge in [0.1, 0.15) is 5.75 Å². The number of ether oxygens (including phenoxy) is 1. The van der Waals surface area contributed by atoms with Crippen molar-refractivity contribution >= 4 is 39.4 Å². The molecule has 0 aromatic heterocycles. The topological polar surface area (TPSA) is 96.9 Å². The normalized spacial score (nSPS) is 11.3. The third kappa shape index (κ3) is 5.37. The van der Waals surface area contributed by atoms with Crippen LogP contribution in [0.5, 0.6) is 5.75 Å². The number of rotatable bonds is 7. The third-order valence-corrected chi connectivity index (χ3v) is 5.75. The number of hydrogen-bond donors (Lipinski definition) is 2. The van der Waals surface area contributed by atoms with Gasteiger partial charge in [0.2, 0.25) is 0 Å². The summed E-state index contributed by atoms with van der Waals surface area (Å²) in [5.74, 6) is 0.0498. The van der Waals surface area contributed by atoms with E-state index in [1.165, 1.54) is 37.6 Å². The van der Waals surface area contributed by atoms with E-state index in [-0.39, 0.29) is 10.5 Å². The summed E-state index contributed by atoms with van der Waals surface area (Å²) in [7, 11) is -2.36. The Kier molecular flexibility index (Phi) is 6.71. The number of sulfonamides is 1. The molecule has 0 saturated heterocycles. The number of halogens is 1. The van der Waals surface area contributed by atoms with E-state index in [1.54, 1.807) is 48.5 Å². The van der Waals surface area contributed by atoms with Crippen LogP contribution < -0.4 is 14.9 Å². The first-order valence-corrected chi connectivity index (χ1v) is 10.6. The van der Waals surface area contributed by atoms with Crippen molar-refractivity contribution in [3.63, 3.8) is 0 Å². The predicted octanol–water partition coefficient (Wildman–Crippen LogP) is 3.91. The van der Waals surface area contributed by atoms with Crippen molar-refractivity contribution in [3.8, 4) is 5.75 Å². The second kappa shape index (κ2) is 9.43. The molecule has 0 radical (unpaired) electrons. The van der Waals surface area contributed by atoms with E-state index in [1.807, 2.05) is 0 Å². The average Bonchev–Trinajstić information content (AvgIpc) is 2.75. The molecule has 1 amide bonds. The van der Waals surface area contributed by atoms with E-state index < -0.39 is 15.9 Å². The van der Waals surface area contributed by atoms with Gasteiger partial charge in [0.05, 0.1) is 18.2 Å². The van der Waals surface area contributed by atoms with Crippen molar-refractivity contribution in [1.29, 1.82) is 0 Å². The lowest BCUT2D eigenvalue weighted by atomic mass is 10.2. The maximum atomic E-state index is 12.6. The van der Waals surface area contributed by atoms with Gasteiger partial charge in [-0.25, -0.2) is 13.8 Å². The molecule has 0 heterocycles. The SMILES string of the molecule is COc1ccc(NS(=O)(=O)c2cccc(C(=O)NN=Cc3ccccc3Cl)c2)cc1. The summed E-state index contributed by atoms with van der Waals surface area (Å²) in [5.41, 5.74) is 3.51. The van der Waals surface area contributed by atoms with Gasteiger partial charge in [0, 0.05) is 21.8 Å². The van der Waals surface area contributed by atoms with E-state index in [0.29, 0.717) is 22.0 Å². The summed E-state index contributed by atoms with van der Waals surface area (Å²) < 4.78 is 32.8. The minimum Gasteiger partial charge on any atom is -0.497 e. The van der Waals surface area contributed by atoms with Gasteiger partial charge in [0.25, 0.3) is 15.9 Å². The highest BCUT2D eigenvalue weighted by atomic mass is 35.5. The average molecular weight is 444 g/mol. The quantitative estimate of drug-likeness (QED) is 0.427. The molecule has 7 nitrogen and oxygen atoms in total. The molecule has 0 aliphatic rings. The third-order valence-electron chi connectivity index (χ3n) is 4.02. The molecular formula is C21H18ClN3O4S. The van der Waals surface area contributed by atoms with Gasteiger partial charge in [-0.1, -0.05) is 35.9 Å². The first-order chi connectivity index (χ1) is 14.4. The number of carbonyl (C=O) groups excluding carboxylic acids is 1. The molecule has 0 fully saturated rings. The van der Waals surface area contributed by atoms with Crippen LogP contribution in [0.4, 0.5) is 5.69 Å². The number of benzene rings is 3. The van der Waals surface area contributed by atoms with Crippen molar-refractivity contribution in [2.45, 2.75) is 4.90 Å². The van der Waals surface area contributed by atoms with Crippen molar-refractivity contribution < 1.29 is 17.9 Å². The Labute approximate surface area is 179 Å². The summed E-state index contributed by atoms with van der Waals surface area (Å²) in [5, 5.41) is 4.36. The fraction of sp³-hybridized carbons (Fsp3) is 0.0476. The fourth-order valence-electron chi connectivity index (χ4n) is 2.48. The second-order valence-corrected chi connectivity index (χ2v) is 8.17. The molecule has 0 saturated carbocycles. The van der Waals surface area contributed by atoms with Gasteiger partial charge in [-0.15, -0.1) is 0 Å². The van der Waals surface area contributed by atoms with Crippen LogP contribution in [0.1, 0.15) is 15.9 Å². The molecule has 3 rings (SSSR count). The fourth-order valence-corrected chi connectivity index (χ4v) is 3.77. The number of nitrogens with one attached hydrogen (secondary N) is 2. The number of carbonyl (C=O) groups is 1. The molecule has 30 heavy (non-hydrogen) atoms. The van der Waals surface area contributed by atoms with E-state index in [4.69, 9.17) is 16.3 Å². The molecule has 0 atom stereocenters. The largest absolute Gasteiger partial charge is 0.497 e. The number of hydrazone groups is 1. The first kappa shape index (κ1) is 21.4. The van der Waals surface area contributed by atoms with Gasteiger partial charge < -0.3 is 4.74 Å². The number of methoxy groups -OCH3 is 1. The Bertz CT molecular complexity index is 1180. The van der Waals surface area contributed by atoms with E-state index >= 15 is 0 Å². The highest BCUT2D eigenvalue weighted by Gasteiger charge is 2.16. The van der Waals surface area contributed by atoms with E-state index in [9.17, 15) is 13.2 Å². The summed E-state index contributed by atoms with van der Waals surface area (Å²) in [4.78, 5) is 12.3. The molecule has 0 aliphatic carbocycles. The monoisotopic (exact) mass is 443 g/mol. The van der Waals surface area contributed by atoms with Crippen molar-refractivity contribution in [2.75, 3.05) is 11.8 Å². The van der Waals surface area contributed by atoms with E-state index in [2.05, 4.69) is 15.2 Å². The maximum Gasteiger partial charge on any atom is 0.271 e. The van der Waals surface area contributed by atoms with Crippen LogP contribution >= 0.6 is 11.6 Å². The van der Waals surface area contributed by atoms with Gasteiger partial charge in [-0.05, 0) is 48.5 Å². The maximum absolute atomic E-state index is 12.6. The van der Waals surface area contributed by atoms with E-state index in [0.717, 1.165) is 0 Å². The van der Waals surface area contributed by atoms with Gasteiger partial charge in [0.15, 0.2) is 0 Å². The molecule has 0 bridgehead atoms. The number of anilines is 1. The van der Waals surface area contributed by atoms with Gasteiger partial charge in [-0.3, -0.25) is 9.52 Å². The minimum absolute atomic E-state index is 0.0546. The summed E-state index contributed by atoms with van der Waals surface area (Å²) in [6.07, 6.45) is 1.41. The summed E-state index contributed by atoms with van der Waals surface area (Å²) >= 11 is 6.03. The molecule has 2 N–H and O–H groups in total. The van der Waals surface area contributed by atoms with Crippen molar-refractivity contribution in [1.82, 2.24) is 5.43 Å². The Morgan fingerprint density at radius 3 is 2.47 bits per heavy atom. The van der Waals surface area contributed by atoms with Crippen LogP contribution in [0.15, 0.2) is 82.8 Å². The zero-order chi connectivity index (χ0) is 21.6. The minimum atomic E-state index is -3.88. The number of amides is 1. The second-order valence-electron chi connectivity index (χ2n) is 6.08. The van der Waals surface area contributed by atoms with Crippen molar-refractivity contribution in [3.05, 3.63) is 88.9 Å². The number of nitrogens with zero attached hydrogens (tertiary/aromatic N) is 1. The van der Waals surface area contributed by atoms with Crippen LogP contribution in [0.25, 0.3) is 0 Å². The Morgan fingerprint density at radius 2 is 1.77 bits per heavy atom. The van der Waals surface area contributed by atoms with Crippen LogP contribution in [0.3, 0.4) is 0 Å². The van der Waals surface area contributed by atoms with Gasteiger partial charge in [-0.2, -0.15) is 5.10 Å². The van der Waals surface area contributed by atoms with Gasteiger partial charge >= 0.3 is 0 Å².